The number of aliphatic hydroxyl groups excluding tert-OH is 1. The van der Waals surface area contributed by atoms with Crippen LogP contribution in [0.15, 0.2) is 12.1 Å². The van der Waals surface area contributed by atoms with Crippen molar-refractivity contribution in [2.75, 3.05) is 39.8 Å². The van der Waals surface area contributed by atoms with Gasteiger partial charge in [0.2, 0.25) is 5.91 Å². The first-order valence-corrected chi connectivity index (χ1v) is 9.09. The van der Waals surface area contributed by atoms with Crippen molar-refractivity contribution in [1.29, 1.82) is 0 Å². The summed E-state index contributed by atoms with van der Waals surface area (Å²) in [5.74, 6) is 1.53. The van der Waals surface area contributed by atoms with E-state index in [-0.39, 0.29) is 5.91 Å². The molecule has 1 aliphatic rings. The first-order chi connectivity index (χ1) is 11.8. The van der Waals surface area contributed by atoms with Crippen LogP contribution < -0.4 is 4.74 Å². The molecule has 1 amide bonds. The Kier molecular flexibility index (Phi) is 6.85. The quantitative estimate of drug-likeness (QED) is 0.820. The number of likely N-dealkylation sites (N-methyl/N-ethyl adjacent to an activating group) is 1. The molecule has 0 aliphatic carbocycles. The van der Waals surface area contributed by atoms with Crippen LogP contribution in [0.5, 0.6) is 5.75 Å². The van der Waals surface area contributed by atoms with Crippen molar-refractivity contribution in [3.05, 3.63) is 28.8 Å². The second-order valence-corrected chi connectivity index (χ2v) is 7.46. The molecule has 2 rings (SSSR count). The third-order valence-electron chi connectivity index (χ3n) is 5.12. The number of aliphatic hydroxyl groups is 1. The first kappa shape index (κ1) is 19.7. The molecule has 0 aromatic heterocycles. The van der Waals surface area contributed by atoms with E-state index in [4.69, 9.17) is 4.74 Å². The van der Waals surface area contributed by atoms with Gasteiger partial charge in [-0.15, -0.1) is 0 Å². The second kappa shape index (κ2) is 8.68. The number of hydrogen-bond donors (Lipinski definition) is 1. The van der Waals surface area contributed by atoms with Crippen LogP contribution in [0.4, 0.5) is 0 Å². The van der Waals surface area contributed by atoms with E-state index in [2.05, 4.69) is 30.9 Å². The first-order valence-electron chi connectivity index (χ1n) is 9.09. The molecule has 0 saturated carbocycles. The maximum atomic E-state index is 11.4. The van der Waals surface area contributed by atoms with E-state index in [1.54, 1.807) is 6.92 Å². The SMILES string of the molecule is CC(=O)N1CCC(CN(C)CC(O)COc2c(C)ccc(C)c2C)C1. The van der Waals surface area contributed by atoms with Crippen LogP contribution in [0.2, 0.25) is 0 Å². The van der Waals surface area contributed by atoms with Gasteiger partial charge in [-0.2, -0.15) is 0 Å². The number of rotatable bonds is 7. The molecule has 1 fully saturated rings. The molecule has 2 atom stereocenters. The molecule has 1 aliphatic heterocycles. The maximum absolute atomic E-state index is 11.4. The normalized spacial score (nSPS) is 18.7. The molecule has 5 nitrogen and oxygen atoms in total. The fourth-order valence-corrected chi connectivity index (χ4v) is 3.52. The highest BCUT2D eigenvalue weighted by atomic mass is 16.5. The maximum Gasteiger partial charge on any atom is 0.219 e. The molecule has 1 N–H and O–H groups in total. The van der Waals surface area contributed by atoms with Crippen molar-refractivity contribution in [3.63, 3.8) is 0 Å². The van der Waals surface area contributed by atoms with E-state index in [1.807, 2.05) is 18.9 Å². The predicted octanol–water partition coefficient (Wildman–Crippen LogP) is 2.15. The highest BCUT2D eigenvalue weighted by Gasteiger charge is 2.25. The van der Waals surface area contributed by atoms with Crippen molar-refractivity contribution in [2.24, 2.45) is 5.92 Å². The lowest BCUT2D eigenvalue weighted by Crippen LogP contribution is -2.37. The average Bonchev–Trinajstić information content (AvgIpc) is 2.99. The molecule has 5 heteroatoms. The summed E-state index contributed by atoms with van der Waals surface area (Å²) < 4.78 is 5.90. The number of hydrogen-bond acceptors (Lipinski definition) is 4. The summed E-state index contributed by atoms with van der Waals surface area (Å²) in [5.41, 5.74) is 3.43. The number of carbonyl (C=O) groups excluding carboxylic acids is 1. The van der Waals surface area contributed by atoms with Gasteiger partial charge in [-0.3, -0.25) is 4.79 Å². The molecule has 1 aromatic carbocycles. The Labute approximate surface area is 151 Å². The van der Waals surface area contributed by atoms with E-state index < -0.39 is 6.10 Å². The van der Waals surface area contributed by atoms with Gasteiger partial charge >= 0.3 is 0 Å². The molecule has 2 unspecified atom stereocenters. The second-order valence-electron chi connectivity index (χ2n) is 7.46. The summed E-state index contributed by atoms with van der Waals surface area (Å²) in [7, 11) is 2.02. The summed E-state index contributed by atoms with van der Waals surface area (Å²) in [4.78, 5) is 15.5. The zero-order valence-electron chi connectivity index (χ0n) is 16.2. The van der Waals surface area contributed by atoms with E-state index in [9.17, 15) is 9.90 Å². The Morgan fingerprint density at radius 1 is 1.36 bits per heavy atom. The Morgan fingerprint density at radius 3 is 2.68 bits per heavy atom. The smallest absolute Gasteiger partial charge is 0.219 e. The largest absolute Gasteiger partial charge is 0.490 e. The molecule has 1 heterocycles. The van der Waals surface area contributed by atoms with Gasteiger partial charge in [-0.1, -0.05) is 12.1 Å². The minimum absolute atomic E-state index is 0.155. The van der Waals surface area contributed by atoms with Crippen LogP contribution in [-0.2, 0) is 4.79 Å². The highest BCUT2D eigenvalue weighted by molar-refractivity contribution is 5.73. The van der Waals surface area contributed by atoms with Crippen molar-refractivity contribution in [2.45, 2.75) is 40.2 Å². The fourth-order valence-electron chi connectivity index (χ4n) is 3.52. The van der Waals surface area contributed by atoms with Gasteiger partial charge in [-0.25, -0.2) is 0 Å². The predicted molar refractivity (Wildman–Crippen MR) is 100 cm³/mol. The van der Waals surface area contributed by atoms with Crippen LogP contribution >= 0.6 is 0 Å². The highest BCUT2D eigenvalue weighted by Crippen LogP contribution is 2.25. The lowest BCUT2D eigenvalue weighted by Gasteiger charge is -2.24. The number of carbonyl (C=O) groups is 1. The van der Waals surface area contributed by atoms with Gasteiger partial charge in [0.1, 0.15) is 18.5 Å². The molecule has 0 bridgehead atoms. The molecule has 0 spiro atoms. The van der Waals surface area contributed by atoms with Gasteiger partial charge in [0.25, 0.3) is 0 Å². The van der Waals surface area contributed by atoms with Gasteiger partial charge in [-0.05, 0) is 56.8 Å². The minimum Gasteiger partial charge on any atom is -0.490 e. The van der Waals surface area contributed by atoms with Crippen molar-refractivity contribution in [1.82, 2.24) is 9.80 Å². The van der Waals surface area contributed by atoms with Crippen LogP contribution in [0.1, 0.15) is 30.0 Å². The number of likely N-dealkylation sites (tertiary alicyclic amines) is 1. The Hall–Kier alpha value is -1.59. The van der Waals surface area contributed by atoms with Crippen LogP contribution in [-0.4, -0.2) is 66.8 Å². The summed E-state index contributed by atoms with van der Waals surface area (Å²) in [6.07, 6.45) is 0.507. The van der Waals surface area contributed by atoms with Crippen LogP contribution in [0.3, 0.4) is 0 Å². The van der Waals surface area contributed by atoms with E-state index >= 15 is 0 Å². The molecule has 1 saturated heterocycles. The number of ether oxygens (including phenoxy) is 1. The lowest BCUT2D eigenvalue weighted by molar-refractivity contribution is -0.127. The van der Waals surface area contributed by atoms with Crippen molar-refractivity contribution >= 4 is 5.91 Å². The van der Waals surface area contributed by atoms with Gasteiger partial charge in [0, 0.05) is 33.1 Å². The van der Waals surface area contributed by atoms with E-state index in [1.165, 1.54) is 5.56 Å². The molecule has 1 aromatic rings. The van der Waals surface area contributed by atoms with E-state index in [0.29, 0.717) is 19.1 Å². The van der Waals surface area contributed by atoms with Crippen LogP contribution in [0.25, 0.3) is 0 Å². The molecule has 0 radical (unpaired) electrons. The van der Waals surface area contributed by atoms with E-state index in [0.717, 1.165) is 42.9 Å². The molecule has 140 valence electrons. The minimum atomic E-state index is -0.533. The van der Waals surface area contributed by atoms with Gasteiger partial charge in [0.05, 0.1) is 0 Å². The van der Waals surface area contributed by atoms with Gasteiger partial charge < -0.3 is 19.6 Å². The summed E-state index contributed by atoms with van der Waals surface area (Å²) in [6, 6.07) is 4.14. The molecule has 25 heavy (non-hydrogen) atoms. The fraction of sp³-hybridized carbons (Fsp3) is 0.650. The topological polar surface area (TPSA) is 53.0 Å². The zero-order chi connectivity index (χ0) is 18.6. The Bertz CT molecular complexity index is 603. The molecular weight excluding hydrogens is 316 g/mol. The van der Waals surface area contributed by atoms with Gasteiger partial charge in [0.15, 0.2) is 0 Å². The summed E-state index contributed by atoms with van der Waals surface area (Å²) in [5, 5.41) is 10.3. The summed E-state index contributed by atoms with van der Waals surface area (Å²) >= 11 is 0. The van der Waals surface area contributed by atoms with Crippen LogP contribution in [0, 0.1) is 26.7 Å². The Balaban J connectivity index is 1.78. The van der Waals surface area contributed by atoms with Crippen molar-refractivity contribution in [3.8, 4) is 5.75 Å². The number of benzene rings is 1. The number of amides is 1. The number of nitrogens with zero attached hydrogens (tertiary/aromatic N) is 2. The molecular formula is C20H32N2O3. The monoisotopic (exact) mass is 348 g/mol. The Morgan fingerprint density at radius 2 is 2.04 bits per heavy atom. The third-order valence-corrected chi connectivity index (χ3v) is 5.12. The third kappa shape index (κ3) is 5.44. The number of aryl methyl sites for hydroxylation is 2. The zero-order valence-corrected chi connectivity index (χ0v) is 16.2. The average molecular weight is 348 g/mol. The summed E-state index contributed by atoms with van der Waals surface area (Å²) in [6.45, 7) is 11.2. The lowest BCUT2D eigenvalue weighted by atomic mass is 10.1. The standard InChI is InChI=1S/C20H32N2O3/c1-14-6-7-15(2)20(16(14)3)25-13-19(24)12-21(5)10-18-8-9-22(11-18)17(4)23/h6-7,18-19,24H,8-13H2,1-5H3. The van der Waals surface area contributed by atoms with Crippen molar-refractivity contribution < 1.29 is 14.6 Å².